The van der Waals surface area contributed by atoms with Gasteiger partial charge >= 0.3 is 0 Å². The molecule has 0 bridgehead atoms. The lowest BCUT2D eigenvalue weighted by atomic mass is 9.98. The number of halogens is 1. The first-order chi connectivity index (χ1) is 9.48. The molecule has 0 amide bonds. The molecule has 1 aliphatic carbocycles. The lowest BCUT2D eigenvalue weighted by Gasteiger charge is -2.38. The van der Waals surface area contributed by atoms with Crippen LogP contribution in [0.25, 0.3) is 0 Å². The normalized spacial score (nSPS) is 18.6. The van der Waals surface area contributed by atoms with Gasteiger partial charge in [-0.1, -0.05) is 31.9 Å². The van der Waals surface area contributed by atoms with Gasteiger partial charge in [0.15, 0.2) is 0 Å². The van der Waals surface area contributed by atoms with Crippen LogP contribution in [0.1, 0.15) is 32.6 Å². The topological polar surface area (TPSA) is 63.4 Å². The number of nitrogens with two attached hydrogens (primary N) is 1. The fraction of sp³-hybridized carbons (Fsp3) is 0.571. The lowest BCUT2D eigenvalue weighted by Crippen LogP contribution is -2.54. The third-order valence-corrected chi connectivity index (χ3v) is 6.25. The van der Waals surface area contributed by atoms with E-state index in [1.807, 2.05) is 0 Å². The monoisotopic (exact) mass is 300 g/mol. The largest absolute Gasteiger partial charge is 0.329 e. The van der Waals surface area contributed by atoms with Gasteiger partial charge in [0.25, 0.3) is 0 Å². The molecule has 0 aromatic heterocycles. The van der Waals surface area contributed by atoms with Gasteiger partial charge in [-0.2, -0.15) is 4.31 Å². The van der Waals surface area contributed by atoms with E-state index in [9.17, 15) is 12.8 Å². The van der Waals surface area contributed by atoms with Crippen molar-refractivity contribution in [3.63, 3.8) is 0 Å². The van der Waals surface area contributed by atoms with Crippen molar-refractivity contribution in [2.75, 3.05) is 13.1 Å². The molecule has 1 fully saturated rings. The van der Waals surface area contributed by atoms with Crippen molar-refractivity contribution in [3.05, 3.63) is 30.1 Å². The van der Waals surface area contributed by atoms with Crippen LogP contribution in [0.3, 0.4) is 0 Å². The SMILES string of the molecule is CCN(C1(CN)CCCC1)S(=O)(=O)c1ccccc1F. The van der Waals surface area contributed by atoms with Gasteiger partial charge < -0.3 is 5.73 Å². The van der Waals surface area contributed by atoms with Crippen molar-refractivity contribution < 1.29 is 12.8 Å². The maximum Gasteiger partial charge on any atom is 0.246 e. The first kappa shape index (κ1) is 15.4. The molecule has 0 saturated heterocycles. The van der Waals surface area contributed by atoms with Crippen molar-refractivity contribution in [1.29, 1.82) is 0 Å². The van der Waals surface area contributed by atoms with E-state index >= 15 is 0 Å². The Labute approximate surface area is 119 Å². The molecule has 0 aliphatic heterocycles. The van der Waals surface area contributed by atoms with Crippen LogP contribution in [-0.2, 0) is 10.0 Å². The highest BCUT2D eigenvalue weighted by Gasteiger charge is 2.44. The summed E-state index contributed by atoms with van der Waals surface area (Å²) in [6, 6.07) is 5.50. The zero-order valence-corrected chi connectivity index (χ0v) is 12.5. The highest BCUT2D eigenvalue weighted by Crippen LogP contribution is 2.38. The van der Waals surface area contributed by atoms with E-state index in [2.05, 4.69) is 0 Å². The Morgan fingerprint density at radius 3 is 2.40 bits per heavy atom. The van der Waals surface area contributed by atoms with Crippen molar-refractivity contribution in [2.45, 2.75) is 43.0 Å². The Balaban J connectivity index is 2.48. The Morgan fingerprint density at radius 2 is 1.90 bits per heavy atom. The number of rotatable bonds is 5. The average Bonchev–Trinajstić information content (AvgIpc) is 2.89. The number of hydrogen-bond donors (Lipinski definition) is 1. The molecular weight excluding hydrogens is 279 g/mol. The second-order valence-electron chi connectivity index (χ2n) is 5.24. The maximum absolute atomic E-state index is 13.9. The van der Waals surface area contributed by atoms with Gasteiger partial charge in [0.2, 0.25) is 10.0 Å². The number of nitrogens with zero attached hydrogens (tertiary/aromatic N) is 1. The van der Waals surface area contributed by atoms with E-state index in [1.165, 1.54) is 28.6 Å². The quantitative estimate of drug-likeness (QED) is 0.906. The van der Waals surface area contributed by atoms with Crippen LogP contribution in [0.15, 0.2) is 29.2 Å². The zero-order valence-electron chi connectivity index (χ0n) is 11.7. The minimum absolute atomic E-state index is 0.262. The summed E-state index contributed by atoms with van der Waals surface area (Å²) in [6.07, 6.45) is 3.40. The second kappa shape index (κ2) is 5.79. The molecule has 0 spiro atoms. The zero-order chi connectivity index (χ0) is 14.8. The van der Waals surface area contributed by atoms with Crippen molar-refractivity contribution >= 4 is 10.0 Å². The molecule has 1 aromatic carbocycles. The Kier molecular flexibility index (Phi) is 4.46. The van der Waals surface area contributed by atoms with E-state index in [-0.39, 0.29) is 11.4 Å². The van der Waals surface area contributed by atoms with Gasteiger partial charge in [0.1, 0.15) is 10.7 Å². The Hall–Kier alpha value is -0.980. The summed E-state index contributed by atoms with van der Waals surface area (Å²) in [4.78, 5) is -0.262. The predicted octanol–water partition coefficient (Wildman–Crippen LogP) is 2.11. The van der Waals surface area contributed by atoms with E-state index in [4.69, 9.17) is 5.73 Å². The highest BCUT2D eigenvalue weighted by atomic mass is 32.2. The van der Waals surface area contributed by atoms with Crippen LogP contribution in [0.4, 0.5) is 4.39 Å². The molecule has 6 heteroatoms. The standard InChI is InChI=1S/C14H21FN2O2S/c1-2-17(14(11-16)9-5-6-10-14)20(18,19)13-8-4-3-7-12(13)15/h3-4,7-8H,2,5-6,9-11,16H2,1H3. The predicted molar refractivity (Wildman–Crippen MR) is 76.2 cm³/mol. The summed E-state index contributed by atoms with van der Waals surface area (Å²) in [5.41, 5.74) is 5.30. The summed E-state index contributed by atoms with van der Waals surface area (Å²) in [6.45, 7) is 2.34. The van der Waals surface area contributed by atoms with E-state index < -0.39 is 21.4 Å². The number of hydrogen-bond acceptors (Lipinski definition) is 3. The van der Waals surface area contributed by atoms with Crippen LogP contribution in [0.5, 0.6) is 0 Å². The minimum Gasteiger partial charge on any atom is -0.329 e. The summed E-state index contributed by atoms with van der Waals surface area (Å²) >= 11 is 0. The molecule has 1 saturated carbocycles. The number of benzene rings is 1. The third kappa shape index (κ3) is 2.47. The lowest BCUT2D eigenvalue weighted by molar-refractivity contribution is 0.204. The van der Waals surface area contributed by atoms with Gasteiger partial charge in [-0.15, -0.1) is 0 Å². The van der Waals surface area contributed by atoms with Crippen LogP contribution in [0.2, 0.25) is 0 Å². The van der Waals surface area contributed by atoms with Crippen LogP contribution >= 0.6 is 0 Å². The Bertz CT molecular complexity index is 568. The molecule has 4 nitrogen and oxygen atoms in total. The molecule has 0 heterocycles. The molecule has 0 unspecified atom stereocenters. The molecule has 1 aliphatic rings. The van der Waals surface area contributed by atoms with Gasteiger partial charge in [-0.05, 0) is 25.0 Å². The maximum atomic E-state index is 13.9. The molecular formula is C14H21FN2O2S. The molecule has 112 valence electrons. The van der Waals surface area contributed by atoms with Gasteiger partial charge in [0, 0.05) is 18.6 Å². The average molecular weight is 300 g/mol. The molecule has 20 heavy (non-hydrogen) atoms. The summed E-state index contributed by atoms with van der Waals surface area (Å²) in [5, 5.41) is 0. The smallest absolute Gasteiger partial charge is 0.246 e. The fourth-order valence-electron chi connectivity index (χ4n) is 3.12. The van der Waals surface area contributed by atoms with Gasteiger partial charge in [-0.25, -0.2) is 12.8 Å². The number of sulfonamides is 1. The van der Waals surface area contributed by atoms with Crippen LogP contribution in [0, 0.1) is 5.82 Å². The van der Waals surface area contributed by atoms with Gasteiger partial charge in [-0.3, -0.25) is 0 Å². The first-order valence-corrected chi connectivity index (χ1v) is 8.39. The first-order valence-electron chi connectivity index (χ1n) is 6.95. The minimum atomic E-state index is -3.86. The van der Waals surface area contributed by atoms with E-state index in [0.717, 1.165) is 25.7 Å². The third-order valence-electron chi connectivity index (χ3n) is 4.14. The highest BCUT2D eigenvalue weighted by molar-refractivity contribution is 7.89. The van der Waals surface area contributed by atoms with E-state index in [1.54, 1.807) is 6.92 Å². The van der Waals surface area contributed by atoms with Crippen LogP contribution in [-0.4, -0.2) is 31.4 Å². The molecule has 0 atom stereocenters. The summed E-state index contributed by atoms with van der Waals surface area (Å²) in [5.74, 6) is -0.712. The molecule has 1 aromatic rings. The fourth-order valence-corrected chi connectivity index (χ4v) is 5.03. The second-order valence-corrected chi connectivity index (χ2v) is 7.07. The van der Waals surface area contributed by atoms with Crippen molar-refractivity contribution in [3.8, 4) is 0 Å². The van der Waals surface area contributed by atoms with Gasteiger partial charge in [0.05, 0.1) is 0 Å². The van der Waals surface area contributed by atoms with Crippen molar-refractivity contribution in [1.82, 2.24) is 4.31 Å². The Morgan fingerprint density at radius 1 is 1.30 bits per heavy atom. The summed E-state index contributed by atoms with van der Waals surface area (Å²) < 4.78 is 40.8. The molecule has 0 radical (unpaired) electrons. The molecule has 2 N–H and O–H groups in total. The van der Waals surface area contributed by atoms with Crippen molar-refractivity contribution in [2.24, 2.45) is 5.73 Å². The summed E-state index contributed by atoms with van der Waals surface area (Å²) in [7, 11) is -3.86. The molecule has 2 rings (SSSR count). The van der Waals surface area contributed by atoms with E-state index in [0.29, 0.717) is 6.54 Å². The van der Waals surface area contributed by atoms with Crippen LogP contribution < -0.4 is 5.73 Å². The number of likely N-dealkylation sites (N-methyl/N-ethyl adjacent to an activating group) is 1.